The van der Waals surface area contributed by atoms with Gasteiger partial charge in [0.2, 0.25) is 11.8 Å². The molecule has 3 rings (SSSR count). The number of hydrogen-bond acceptors (Lipinski definition) is 2. The molecule has 0 spiro atoms. The Hall–Kier alpha value is -1.06. The maximum Gasteiger partial charge on any atom is 0.225 e. The fraction of sp³-hybridized carbons (Fsp3) is 0.882. The lowest BCUT2D eigenvalue weighted by Gasteiger charge is -2.36. The third-order valence-electron chi connectivity index (χ3n) is 5.53. The summed E-state index contributed by atoms with van der Waals surface area (Å²) < 4.78 is 0. The summed E-state index contributed by atoms with van der Waals surface area (Å²) in [6, 6.07) is 0. The zero-order valence-electron chi connectivity index (χ0n) is 13.1. The second-order valence-electron chi connectivity index (χ2n) is 6.97. The standard InChI is InChI=1S/C17H28N2O2/c20-16(14-6-2-3-7-14)19-12-8-15(9-13-19)17(21)18-10-4-1-5-11-18/h14-15H,1-13H2. The maximum atomic E-state index is 12.5. The van der Waals surface area contributed by atoms with E-state index in [1.54, 1.807) is 0 Å². The molecule has 1 saturated carbocycles. The van der Waals surface area contributed by atoms with Gasteiger partial charge in [-0.25, -0.2) is 0 Å². The molecule has 2 saturated heterocycles. The van der Waals surface area contributed by atoms with E-state index < -0.39 is 0 Å². The monoisotopic (exact) mass is 292 g/mol. The molecule has 0 aromatic heterocycles. The van der Waals surface area contributed by atoms with Crippen LogP contribution < -0.4 is 0 Å². The molecule has 4 nitrogen and oxygen atoms in total. The van der Waals surface area contributed by atoms with E-state index in [2.05, 4.69) is 4.90 Å². The highest BCUT2D eigenvalue weighted by Gasteiger charge is 2.33. The largest absolute Gasteiger partial charge is 0.342 e. The highest BCUT2D eigenvalue weighted by Crippen LogP contribution is 2.29. The van der Waals surface area contributed by atoms with Crippen LogP contribution in [0.3, 0.4) is 0 Å². The molecule has 4 heteroatoms. The number of piperidine rings is 2. The maximum absolute atomic E-state index is 12.5. The normalized spacial score (nSPS) is 25.3. The summed E-state index contributed by atoms with van der Waals surface area (Å²) in [6.45, 7) is 3.47. The first kappa shape index (κ1) is 14.9. The molecule has 2 amide bonds. The van der Waals surface area contributed by atoms with E-state index in [9.17, 15) is 9.59 Å². The molecule has 1 aliphatic carbocycles. The first-order chi connectivity index (χ1) is 10.3. The van der Waals surface area contributed by atoms with Gasteiger partial charge in [0.1, 0.15) is 0 Å². The number of hydrogen-bond donors (Lipinski definition) is 0. The van der Waals surface area contributed by atoms with Crippen LogP contribution in [0.2, 0.25) is 0 Å². The van der Waals surface area contributed by atoms with Crippen LogP contribution in [0.1, 0.15) is 57.8 Å². The summed E-state index contributed by atoms with van der Waals surface area (Å²) in [5.74, 6) is 1.15. The van der Waals surface area contributed by atoms with Crippen LogP contribution >= 0.6 is 0 Å². The minimum absolute atomic E-state index is 0.163. The molecule has 118 valence electrons. The third kappa shape index (κ3) is 3.41. The smallest absolute Gasteiger partial charge is 0.225 e. The van der Waals surface area contributed by atoms with Crippen molar-refractivity contribution >= 4 is 11.8 Å². The van der Waals surface area contributed by atoms with Crippen LogP contribution in [0.25, 0.3) is 0 Å². The fourth-order valence-corrected chi connectivity index (χ4v) is 4.15. The van der Waals surface area contributed by atoms with Gasteiger partial charge in [-0.1, -0.05) is 12.8 Å². The van der Waals surface area contributed by atoms with Gasteiger partial charge in [0, 0.05) is 38.0 Å². The molecular weight excluding hydrogens is 264 g/mol. The lowest BCUT2D eigenvalue weighted by Crippen LogP contribution is -2.46. The fourth-order valence-electron chi connectivity index (χ4n) is 4.15. The molecule has 2 heterocycles. The number of nitrogens with zero attached hydrogens (tertiary/aromatic N) is 2. The molecule has 21 heavy (non-hydrogen) atoms. The first-order valence-electron chi connectivity index (χ1n) is 8.83. The van der Waals surface area contributed by atoms with Crippen molar-refractivity contribution in [3.05, 3.63) is 0 Å². The Morgan fingerprint density at radius 3 is 1.62 bits per heavy atom. The van der Waals surface area contributed by atoms with Crippen molar-refractivity contribution in [1.29, 1.82) is 0 Å². The summed E-state index contributed by atoms with van der Waals surface area (Å²) in [4.78, 5) is 29.0. The molecule has 0 atom stereocenters. The molecule has 0 aromatic rings. The van der Waals surface area contributed by atoms with Crippen LogP contribution in [0.15, 0.2) is 0 Å². The van der Waals surface area contributed by atoms with E-state index in [0.717, 1.165) is 64.7 Å². The van der Waals surface area contributed by atoms with Crippen molar-refractivity contribution in [3.8, 4) is 0 Å². The van der Waals surface area contributed by atoms with Crippen molar-refractivity contribution in [3.63, 3.8) is 0 Å². The first-order valence-corrected chi connectivity index (χ1v) is 8.83. The summed E-state index contributed by atoms with van der Waals surface area (Å²) in [6.07, 6.45) is 9.88. The molecule has 2 aliphatic heterocycles. The molecule has 3 aliphatic rings. The zero-order valence-corrected chi connectivity index (χ0v) is 13.1. The zero-order chi connectivity index (χ0) is 14.7. The van der Waals surface area contributed by atoms with E-state index in [-0.39, 0.29) is 11.8 Å². The quantitative estimate of drug-likeness (QED) is 0.784. The van der Waals surface area contributed by atoms with Crippen molar-refractivity contribution in [2.24, 2.45) is 11.8 Å². The van der Waals surface area contributed by atoms with Gasteiger partial charge >= 0.3 is 0 Å². The summed E-state index contributed by atoms with van der Waals surface area (Å²) in [5.41, 5.74) is 0. The summed E-state index contributed by atoms with van der Waals surface area (Å²) in [7, 11) is 0. The minimum Gasteiger partial charge on any atom is -0.342 e. The molecule has 0 N–H and O–H groups in total. The van der Waals surface area contributed by atoms with Gasteiger partial charge in [0.05, 0.1) is 0 Å². The van der Waals surface area contributed by atoms with Gasteiger partial charge in [0.25, 0.3) is 0 Å². The Morgan fingerprint density at radius 2 is 1.05 bits per heavy atom. The summed E-state index contributed by atoms with van der Waals surface area (Å²) >= 11 is 0. The van der Waals surface area contributed by atoms with Crippen LogP contribution in [0.4, 0.5) is 0 Å². The molecular formula is C17H28N2O2. The number of likely N-dealkylation sites (tertiary alicyclic amines) is 2. The van der Waals surface area contributed by atoms with Gasteiger partial charge in [-0.05, 0) is 44.9 Å². The van der Waals surface area contributed by atoms with E-state index in [4.69, 9.17) is 0 Å². The lowest BCUT2D eigenvalue weighted by atomic mass is 9.93. The van der Waals surface area contributed by atoms with Crippen LogP contribution in [0, 0.1) is 11.8 Å². The summed E-state index contributed by atoms with van der Waals surface area (Å²) in [5, 5.41) is 0. The van der Waals surface area contributed by atoms with Gasteiger partial charge < -0.3 is 9.80 Å². The Labute approximate surface area is 127 Å². The lowest BCUT2D eigenvalue weighted by molar-refractivity contribution is -0.143. The second kappa shape index (κ2) is 6.80. The van der Waals surface area contributed by atoms with Gasteiger partial charge in [-0.2, -0.15) is 0 Å². The molecule has 0 aromatic carbocycles. The van der Waals surface area contributed by atoms with Crippen molar-refractivity contribution in [2.75, 3.05) is 26.2 Å². The number of amides is 2. The Bertz CT molecular complexity index is 376. The Kier molecular flexibility index (Phi) is 4.81. The minimum atomic E-state index is 0.163. The SMILES string of the molecule is O=C(C1CCN(C(=O)C2CCCC2)CC1)N1CCCCC1. The molecule has 0 bridgehead atoms. The Morgan fingerprint density at radius 1 is 0.571 bits per heavy atom. The Balaban J connectivity index is 1.48. The van der Waals surface area contributed by atoms with Crippen molar-refractivity contribution in [1.82, 2.24) is 9.80 Å². The molecule has 0 unspecified atom stereocenters. The van der Waals surface area contributed by atoms with E-state index in [1.165, 1.54) is 19.3 Å². The topological polar surface area (TPSA) is 40.6 Å². The second-order valence-corrected chi connectivity index (χ2v) is 6.97. The average molecular weight is 292 g/mol. The van der Waals surface area contributed by atoms with E-state index in [0.29, 0.717) is 11.8 Å². The highest BCUT2D eigenvalue weighted by atomic mass is 16.2. The van der Waals surface area contributed by atoms with Crippen molar-refractivity contribution < 1.29 is 9.59 Å². The number of rotatable bonds is 2. The van der Waals surface area contributed by atoms with Crippen LogP contribution in [0.5, 0.6) is 0 Å². The van der Waals surface area contributed by atoms with Crippen molar-refractivity contribution in [2.45, 2.75) is 57.8 Å². The van der Waals surface area contributed by atoms with Crippen LogP contribution in [-0.4, -0.2) is 47.8 Å². The van der Waals surface area contributed by atoms with Crippen LogP contribution in [-0.2, 0) is 9.59 Å². The van der Waals surface area contributed by atoms with E-state index in [1.807, 2.05) is 4.90 Å². The third-order valence-corrected chi connectivity index (χ3v) is 5.53. The molecule has 3 fully saturated rings. The number of carbonyl (C=O) groups excluding carboxylic acids is 2. The average Bonchev–Trinajstić information content (AvgIpc) is 3.09. The highest BCUT2D eigenvalue weighted by molar-refractivity contribution is 5.81. The number of carbonyl (C=O) groups is 2. The van der Waals surface area contributed by atoms with Gasteiger partial charge in [-0.3, -0.25) is 9.59 Å². The van der Waals surface area contributed by atoms with Gasteiger partial charge in [0.15, 0.2) is 0 Å². The van der Waals surface area contributed by atoms with Gasteiger partial charge in [-0.15, -0.1) is 0 Å². The van der Waals surface area contributed by atoms with E-state index >= 15 is 0 Å². The molecule has 0 radical (unpaired) electrons. The predicted octanol–water partition coefficient (Wildman–Crippen LogP) is 2.43. The predicted molar refractivity (Wildman–Crippen MR) is 81.7 cm³/mol.